The Hall–Kier alpha value is -0.330. The first-order valence-electron chi connectivity index (χ1n) is 4.59. The molecule has 0 aromatic carbocycles. The zero-order chi connectivity index (χ0) is 8.22. The molecule has 0 heterocycles. The van der Waals surface area contributed by atoms with Crippen molar-refractivity contribution in [3.63, 3.8) is 0 Å². The molecule has 2 aliphatic rings. The van der Waals surface area contributed by atoms with Gasteiger partial charge in [0.2, 0.25) is 0 Å². The van der Waals surface area contributed by atoms with Gasteiger partial charge in [-0.3, -0.25) is 4.79 Å². The Kier molecular flexibility index (Phi) is 1.25. The summed E-state index contributed by atoms with van der Waals surface area (Å²) in [5.41, 5.74) is 0.134. The molecule has 0 aromatic rings. The van der Waals surface area contributed by atoms with E-state index in [0.29, 0.717) is 17.6 Å². The van der Waals surface area contributed by atoms with Crippen LogP contribution in [0.2, 0.25) is 0 Å². The van der Waals surface area contributed by atoms with Crippen molar-refractivity contribution in [1.82, 2.24) is 0 Å². The minimum absolute atomic E-state index is 0.134. The maximum atomic E-state index is 11.5. The lowest BCUT2D eigenvalue weighted by molar-refractivity contribution is -0.122. The van der Waals surface area contributed by atoms with Gasteiger partial charge >= 0.3 is 0 Å². The summed E-state index contributed by atoms with van der Waals surface area (Å²) in [6.07, 6.45) is 2.04. The van der Waals surface area contributed by atoms with Gasteiger partial charge in [-0.2, -0.15) is 0 Å². The molecule has 1 unspecified atom stereocenters. The lowest BCUT2D eigenvalue weighted by atomic mass is 9.91. The predicted molar refractivity (Wildman–Crippen MR) is 44.2 cm³/mol. The molecule has 62 valence electrons. The summed E-state index contributed by atoms with van der Waals surface area (Å²) < 4.78 is 0. The molecule has 3 atom stereocenters. The summed E-state index contributed by atoms with van der Waals surface area (Å²) in [5, 5.41) is 0. The Morgan fingerprint density at radius 3 is 2.36 bits per heavy atom. The van der Waals surface area contributed by atoms with Crippen LogP contribution in [0.4, 0.5) is 0 Å². The molecule has 0 amide bonds. The highest BCUT2D eigenvalue weighted by molar-refractivity contribution is 5.90. The second-order valence-corrected chi connectivity index (χ2v) is 4.76. The van der Waals surface area contributed by atoms with Crippen molar-refractivity contribution in [3.05, 3.63) is 0 Å². The van der Waals surface area contributed by atoms with Crippen LogP contribution in [0.5, 0.6) is 0 Å². The number of Topliss-reactive ketones (excluding diaryl/α,β-unsaturated/α-hetero) is 1. The fourth-order valence-corrected chi connectivity index (χ4v) is 2.63. The van der Waals surface area contributed by atoms with Crippen molar-refractivity contribution in [1.29, 1.82) is 0 Å². The third-order valence-electron chi connectivity index (χ3n) is 3.73. The van der Waals surface area contributed by atoms with Gasteiger partial charge in [0.1, 0.15) is 5.78 Å². The standard InChI is InChI=1S/C10H16O/c1-6(2)7-4-9(11)10(3)5-8(7)10/h6-8H,4-5H2,1-3H3/t7?,8-,10-/m1/s1. The van der Waals surface area contributed by atoms with E-state index in [0.717, 1.165) is 12.3 Å². The predicted octanol–water partition coefficient (Wildman–Crippen LogP) is 2.26. The summed E-state index contributed by atoms with van der Waals surface area (Å²) in [7, 11) is 0. The lowest BCUT2D eigenvalue weighted by Crippen LogP contribution is -2.10. The van der Waals surface area contributed by atoms with Crippen LogP contribution >= 0.6 is 0 Å². The van der Waals surface area contributed by atoms with Gasteiger partial charge in [0.25, 0.3) is 0 Å². The van der Waals surface area contributed by atoms with Crippen molar-refractivity contribution in [2.75, 3.05) is 0 Å². The van der Waals surface area contributed by atoms with Gasteiger partial charge in [-0.1, -0.05) is 20.8 Å². The highest BCUT2D eigenvalue weighted by atomic mass is 16.1. The van der Waals surface area contributed by atoms with Crippen molar-refractivity contribution in [2.24, 2.45) is 23.2 Å². The molecule has 2 aliphatic carbocycles. The molecule has 0 bridgehead atoms. The zero-order valence-electron chi connectivity index (χ0n) is 7.55. The summed E-state index contributed by atoms with van der Waals surface area (Å²) in [4.78, 5) is 11.5. The third-order valence-corrected chi connectivity index (χ3v) is 3.73. The zero-order valence-corrected chi connectivity index (χ0v) is 7.55. The lowest BCUT2D eigenvalue weighted by Gasteiger charge is -2.13. The largest absolute Gasteiger partial charge is 0.299 e. The van der Waals surface area contributed by atoms with Gasteiger partial charge in [-0.25, -0.2) is 0 Å². The summed E-state index contributed by atoms with van der Waals surface area (Å²) in [5.74, 6) is 2.68. The second-order valence-electron chi connectivity index (χ2n) is 4.76. The van der Waals surface area contributed by atoms with Crippen molar-refractivity contribution in [2.45, 2.75) is 33.6 Å². The van der Waals surface area contributed by atoms with Crippen LogP contribution in [-0.4, -0.2) is 5.78 Å². The summed E-state index contributed by atoms with van der Waals surface area (Å²) in [6, 6.07) is 0. The average molecular weight is 152 g/mol. The van der Waals surface area contributed by atoms with Crippen LogP contribution in [0, 0.1) is 23.2 Å². The van der Waals surface area contributed by atoms with E-state index in [1.165, 1.54) is 6.42 Å². The SMILES string of the molecule is CC(C)C1CC(=O)[C@]2(C)C[C@H]12. The second kappa shape index (κ2) is 1.88. The Bertz CT molecular complexity index is 207. The minimum Gasteiger partial charge on any atom is -0.299 e. The quantitative estimate of drug-likeness (QED) is 0.563. The molecule has 0 spiro atoms. The Morgan fingerprint density at radius 2 is 2.18 bits per heavy atom. The number of carbonyl (C=O) groups is 1. The van der Waals surface area contributed by atoms with E-state index in [2.05, 4.69) is 20.8 Å². The minimum atomic E-state index is 0.134. The van der Waals surface area contributed by atoms with E-state index < -0.39 is 0 Å². The fraction of sp³-hybridized carbons (Fsp3) is 0.900. The van der Waals surface area contributed by atoms with Crippen molar-refractivity contribution >= 4 is 5.78 Å². The van der Waals surface area contributed by atoms with E-state index in [-0.39, 0.29) is 5.41 Å². The molecule has 1 heteroatoms. The number of hydrogen-bond acceptors (Lipinski definition) is 1. The molecular formula is C10H16O. The van der Waals surface area contributed by atoms with E-state index >= 15 is 0 Å². The van der Waals surface area contributed by atoms with Gasteiger partial charge in [-0.15, -0.1) is 0 Å². The maximum Gasteiger partial charge on any atom is 0.139 e. The maximum absolute atomic E-state index is 11.5. The smallest absolute Gasteiger partial charge is 0.139 e. The molecule has 0 aliphatic heterocycles. The number of hydrogen-bond donors (Lipinski definition) is 0. The van der Waals surface area contributed by atoms with Gasteiger partial charge in [0.05, 0.1) is 0 Å². The summed E-state index contributed by atoms with van der Waals surface area (Å²) in [6.45, 7) is 6.62. The van der Waals surface area contributed by atoms with Gasteiger partial charge in [0.15, 0.2) is 0 Å². The molecule has 11 heavy (non-hydrogen) atoms. The molecule has 0 saturated heterocycles. The number of rotatable bonds is 1. The van der Waals surface area contributed by atoms with Gasteiger partial charge < -0.3 is 0 Å². The molecule has 0 N–H and O–H groups in total. The third kappa shape index (κ3) is 0.800. The molecule has 0 aromatic heterocycles. The molecule has 2 rings (SSSR count). The molecule has 1 nitrogen and oxygen atoms in total. The Labute approximate surface area is 68.2 Å². The van der Waals surface area contributed by atoms with Gasteiger partial charge in [-0.05, 0) is 24.2 Å². The monoisotopic (exact) mass is 152 g/mol. The first-order chi connectivity index (χ1) is 5.05. The Morgan fingerprint density at radius 1 is 1.55 bits per heavy atom. The molecule has 0 radical (unpaired) electrons. The van der Waals surface area contributed by atoms with Crippen LogP contribution in [0.1, 0.15) is 33.6 Å². The van der Waals surface area contributed by atoms with Crippen LogP contribution in [0.3, 0.4) is 0 Å². The van der Waals surface area contributed by atoms with Crippen LogP contribution in [0.15, 0.2) is 0 Å². The van der Waals surface area contributed by atoms with E-state index in [1.54, 1.807) is 0 Å². The number of fused-ring (bicyclic) bond motifs is 1. The highest BCUT2D eigenvalue weighted by Gasteiger charge is 2.64. The van der Waals surface area contributed by atoms with Gasteiger partial charge in [0, 0.05) is 11.8 Å². The van der Waals surface area contributed by atoms with E-state index in [9.17, 15) is 4.79 Å². The topological polar surface area (TPSA) is 17.1 Å². The summed E-state index contributed by atoms with van der Waals surface area (Å²) >= 11 is 0. The van der Waals surface area contributed by atoms with Crippen molar-refractivity contribution in [3.8, 4) is 0 Å². The van der Waals surface area contributed by atoms with E-state index in [4.69, 9.17) is 0 Å². The Balaban J connectivity index is 2.16. The fourth-order valence-electron chi connectivity index (χ4n) is 2.63. The van der Waals surface area contributed by atoms with Crippen molar-refractivity contribution < 1.29 is 4.79 Å². The van der Waals surface area contributed by atoms with E-state index in [1.807, 2.05) is 0 Å². The first-order valence-corrected chi connectivity index (χ1v) is 4.59. The number of carbonyl (C=O) groups excluding carboxylic acids is 1. The normalized spacial score (nSPS) is 48.2. The number of ketones is 1. The first kappa shape index (κ1) is 7.33. The van der Waals surface area contributed by atoms with Crippen LogP contribution in [0.25, 0.3) is 0 Å². The van der Waals surface area contributed by atoms with Crippen LogP contribution < -0.4 is 0 Å². The molecule has 2 saturated carbocycles. The highest BCUT2D eigenvalue weighted by Crippen LogP contribution is 2.65. The molecular weight excluding hydrogens is 136 g/mol. The molecule has 2 fully saturated rings. The van der Waals surface area contributed by atoms with Crippen LogP contribution in [-0.2, 0) is 4.79 Å². The average Bonchev–Trinajstić information content (AvgIpc) is 2.51.